The van der Waals surface area contributed by atoms with Crippen molar-refractivity contribution in [2.45, 2.75) is 6.92 Å². The van der Waals surface area contributed by atoms with Crippen molar-refractivity contribution in [3.8, 4) is 5.69 Å². The van der Waals surface area contributed by atoms with E-state index in [2.05, 4.69) is 20.6 Å². The highest BCUT2D eigenvalue weighted by molar-refractivity contribution is 7.71. The molecule has 0 spiro atoms. The number of nitrogens with one attached hydrogen (secondary N) is 1. The van der Waals surface area contributed by atoms with Crippen molar-refractivity contribution in [3.63, 3.8) is 0 Å². The Labute approximate surface area is 79.2 Å². The van der Waals surface area contributed by atoms with E-state index in [0.717, 1.165) is 11.4 Å². The van der Waals surface area contributed by atoms with E-state index >= 15 is 0 Å². The van der Waals surface area contributed by atoms with Gasteiger partial charge in [-0.3, -0.25) is 4.68 Å². The summed E-state index contributed by atoms with van der Waals surface area (Å²) in [6.45, 7) is 1.90. The number of rotatable bonds is 1. The number of hydrogen-bond donors (Lipinski definition) is 1. The fraction of sp³-hybridized carbons (Fsp3) is 0.333. The lowest BCUT2D eigenvalue weighted by Gasteiger charge is -1.94. The molecule has 68 valence electrons. The van der Waals surface area contributed by atoms with Crippen molar-refractivity contribution in [2.75, 3.05) is 0 Å². The fourth-order valence-corrected chi connectivity index (χ4v) is 1.34. The zero-order chi connectivity index (χ0) is 9.42. The van der Waals surface area contributed by atoms with Gasteiger partial charge in [-0.05, 0) is 19.1 Å². The summed E-state index contributed by atoms with van der Waals surface area (Å²) in [5, 5.41) is 14.1. The lowest BCUT2D eigenvalue weighted by atomic mass is 10.4. The van der Waals surface area contributed by atoms with Gasteiger partial charge in [0.25, 0.3) is 0 Å². The lowest BCUT2D eigenvalue weighted by Crippen LogP contribution is -1.96. The minimum Gasteiger partial charge on any atom is -0.273 e. The van der Waals surface area contributed by atoms with Gasteiger partial charge in [0.15, 0.2) is 0 Å². The summed E-state index contributed by atoms with van der Waals surface area (Å²) >= 11 is 4.96. The summed E-state index contributed by atoms with van der Waals surface area (Å²) in [6.07, 6.45) is 1.85. The molecule has 0 fully saturated rings. The van der Waals surface area contributed by atoms with Crippen molar-refractivity contribution in [1.29, 1.82) is 0 Å². The van der Waals surface area contributed by atoms with E-state index in [0.29, 0.717) is 4.77 Å². The molecule has 0 aliphatic heterocycles. The molecule has 1 N–H and O–H groups in total. The number of aromatic nitrogens is 6. The smallest absolute Gasteiger partial charge is 0.243 e. The van der Waals surface area contributed by atoms with Gasteiger partial charge in [-0.2, -0.15) is 10.3 Å². The number of aryl methyl sites for hydroxylation is 2. The Morgan fingerprint density at radius 3 is 2.77 bits per heavy atom. The average molecular weight is 196 g/mol. The summed E-state index contributed by atoms with van der Waals surface area (Å²) in [5.74, 6) is 0. The van der Waals surface area contributed by atoms with Gasteiger partial charge in [-0.15, -0.1) is 0 Å². The monoisotopic (exact) mass is 196 g/mol. The molecule has 0 aliphatic carbocycles. The molecule has 0 saturated heterocycles. The van der Waals surface area contributed by atoms with Crippen LogP contribution in [0.2, 0.25) is 0 Å². The summed E-state index contributed by atoms with van der Waals surface area (Å²) < 4.78 is 3.72. The van der Waals surface area contributed by atoms with Crippen molar-refractivity contribution < 1.29 is 0 Å². The van der Waals surface area contributed by atoms with E-state index in [9.17, 15) is 0 Å². The average Bonchev–Trinajstić information content (AvgIpc) is 2.58. The number of tetrazole rings is 1. The van der Waals surface area contributed by atoms with Crippen LogP contribution in [-0.2, 0) is 7.05 Å². The van der Waals surface area contributed by atoms with Crippen LogP contribution in [0.25, 0.3) is 5.69 Å². The van der Waals surface area contributed by atoms with Gasteiger partial charge in [0, 0.05) is 7.05 Å². The van der Waals surface area contributed by atoms with Gasteiger partial charge in [-0.1, -0.05) is 10.3 Å². The van der Waals surface area contributed by atoms with Crippen molar-refractivity contribution in [2.24, 2.45) is 7.05 Å². The van der Waals surface area contributed by atoms with E-state index < -0.39 is 0 Å². The molecule has 2 heterocycles. The first kappa shape index (κ1) is 8.11. The molecule has 0 amide bonds. The maximum absolute atomic E-state index is 4.96. The summed E-state index contributed by atoms with van der Waals surface area (Å²) in [5.41, 5.74) is 1.75. The second kappa shape index (κ2) is 2.77. The number of hydrogen-bond acceptors (Lipinski definition) is 4. The number of nitrogens with zero attached hydrogens (tertiary/aromatic N) is 5. The van der Waals surface area contributed by atoms with E-state index in [1.54, 1.807) is 9.36 Å². The van der Waals surface area contributed by atoms with Crippen LogP contribution in [0.5, 0.6) is 0 Å². The molecule has 2 aromatic heterocycles. The molecule has 0 aromatic carbocycles. The quantitative estimate of drug-likeness (QED) is 0.669. The standard InChI is InChI=1S/C6H8N6S/c1-4-5(3-11(2)8-4)12-6(13)7-9-10-12/h3H,1-2H3,(H,7,10,13). The predicted octanol–water partition coefficient (Wildman–Crippen LogP) is 0.367. The van der Waals surface area contributed by atoms with Crippen LogP contribution >= 0.6 is 12.2 Å². The Hall–Kier alpha value is -1.50. The number of aromatic amines is 1. The van der Waals surface area contributed by atoms with Crippen molar-refractivity contribution in [1.82, 2.24) is 30.0 Å². The first-order chi connectivity index (χ1) is 6.18. The maximum Gasteiger partial charge on any atom is 0.243 e. The van der Waals surface area contributed by atoms with Crippen LogP contribution in [0.3, 0.4) is 0 Å². The second-order valence-electron chi connectivity index (χ2n) is 2.69. The molecule has 7 heteroatoms. The highest BCUT2D eigenvalue weighted by atomic mass is 32.1. The first-order valence-electron chi connectivity index (χ1n) is 3.69. The molecule has 0 bridgehead atoms. The van der Waals surface area contributed by atoms with Crippen LogP contribution in [0, 0.1) is 11.7 Å². The molecule has 13 heavy (non-hydrogen) atoms. The van der Waals surface area contributed by atoms with Gasteiger partial charge in [0.1, 0.15) is 5.69 Å². The van der Waals surface area contributed by atoms with Crippen LogP contribution in [0.4, 0.5) is 0 Å². The van der Waals surface area contributed by atoms with Crippen molar-refractivity contribution in [3.05, 3.63) is 16.7 Å². The Kier molecular flexibility index (Phi) is 1.73. The molecule has 0 saturated carbocycles. The normalized spacial score (nSPS) is 10.6. The zero-order valence-electron chi connectivity index (χ0n) is 7.22. The maximum atomic E-state index is 4.96. The third kappa shape index (κ3) is 1.26. The molecular formula is C6H8N6S. The first-order valence-corrected chi connectivity index (χ1v) is 4.10. The second-order valence-corrected chi connectivity index (χ2v) is 3.06. The third-order valence-corrected chi connectivity index (χ3v) is 1.96. The molecule has 2 rings (SSSR count). The van der Waals surface area contributed by atoms with Crippen LogP contribution in [0.1, 0.15) is 5.69 Å². The molecule has 0 unspecified atom stereocenters. The molecule has 0 radical (unpaired) electrons. The Morgan fingerprint density at radius 1 is 1.54 bits per heavy atom. The van der Waals surface area contributed by atoms with Gasteiger partial charge in [-0.25, -0.2) is 4.68 Å². The number of H-pyrrole nitrogens is 1. The SMILES string of the molecule is Cc1nn(C)cc1-n1[nH]nnc1=S. The van der Waals surface area contributed by atoms with Crippen LogP contribution < -0.4 is 0 Å². The minimum atomic E-state index is 0.399. The van der Waals surface area contributed by atoms with E-state index in [-0.39, 0.29) is 0 Å². The molecular weight excluding hydrogens is 188 g/mol. The van der Waals surface area contributed by atoms with Crippen LogP contribution in [0.15, 0.2) is 6.20 Å². The van der Waals surface area contributed by atoms with Gasteiger partial charge >= 0.3 is 0 Å². The highest BCUT2D eigenvalue weighted by Gasteiger charge is 2.06. The summed E-state index contributed by atoms with van der Waals surface area (Å²) in [7, 11) is 1.85. The third-order valence-electron chi connectivity index (χ3n) is 1.70. The topological polar surface area (TPSA) is 64.3 Å². The lowest BCUT2D eigenvalue weighted by molar-refractivity contribution is 0.755. The predicted molar refractivity (Wildman–Crippen MR) is 48.0 cm³/mol. The Morgan fingerprint density at radius 2 is 2.31 bits per heavy atom. The fourth-order valence-electron chi connectivity index (χ4n) is 1.16. The minimum absolute atomic E-state index is 0.399. The molecule has 2 aromatic rings. The largest absolute Gasteiger partial charge is 0.273 e. The van der Waals surface area contributed by atoms with E-state index in [1.807, 2.05) is 20.2 Å². The summed E-state index contributed by atoms with van der Waals surface area (Å²) in [6, 6.07) is 0. The highest BCUT2D eigenvalue weighted by Crippen LogP contribution is 2.09. The van der Waals surface area contributed by atoms with E-state index in [1.165, 1.54) is 0 Å². The van der Waals surface area contributed by atoms with Crippen LogP contribution in [-0.4, -0.2) is 30.0 Å². The zero-order valence-corrected chi connectivity index (χ0v) is 8.04. The van der Waals surface area contributed by atoms with Gasteiger partial charge < -0.3 is 0 Å². The summed E-state index contributed by atoms with van der Waals surface area (Å²) in [4.78, 5) is 0. The Bertz CT molecular complexity index is 477. The molecule has 0 atom stereocenters. The van der Waals surface area contributed by atoms with Gasteiger partial charge in [0.05, 0.1) is 11.9 Å². The van der Waals surface area contributed by atoms with Crippen molar-refractivity contribution >= 4 is 12.2 Å². The molecule has 6 nitrogen and oxygen atoms in total. The van der Waals surface area contributed by atoms with Gasteiger partial charge in [0.2, 0.25) is 4.77 Å². The molecule has 0 aliphatic rings. The Balaban J connectivity index is 2.65. The van der Waals surface area contributed by atoms with E-state index in [4.69, 9.17) is 12.2 Å².